The molecule has 1 fully saturated rings. The van der Waals surface area contributed by atoms with Gasteiger partial charge in [-0.25, -0.2) is 0 Å². The van der Waals surface area contributed by atoms with Crippen LogP contribution in [0.3, 0.4) is 0 Å². The summed E-state index contributed by atoms with van der Waals surface area (Å²) in [5.74, 6) is 1.67. The molecule has 0 unspecified atom stereocenters. The predicted octanol–water partition coefficient (Wildman–Crippen LogP) is 2.76. The first-order valence-electron chi connectivity index (χ1n) is 8.14. The third-order valence-electron chi connectivity index (χ3n) is 4.00. The summed E-state index contributed by atoms with van der Waals surface area (Å²) in [6.07, 6.45) is 7.22. The van der Waals surface area contributed by atoms with E-state index in [-0.39, 0.29) is 0 Å². The van der Waals surface area contributed by atoms with Crippen LogP contribution in [0.25, 0.3) is 0 Å². The maximum absolute atomic E-state index is 5.19. The van der Waals surface area contributed by atoms with E-state index in [1.54, 1.807) is 7.11 Å². The average molecular weight is 270 g/mol. The Morgan fingerprint density at radius 1 is 1.16 bits per heavy atom. The molecule has 0 atom stereocenters. The number of nitrogens with one attached hydrogen (secondary N) is 1. The zero-order valence-corrected chi connectivity index (χ0v) is 13.3. The number of ether oxygens (including phenoxy) is 1. The molecule has 1 aliphatic rings. The predicted molar refractivity (Wildman–Crippen MR) is 82.6 cm³/mol. The van der Waals surface area contributed by atoms with Gasteiger partial charge < -0.3 is 10.1 Å². The quantitative estimate of drug-likeness (QED) is 0.618. The first kappa shape index (κ1) is 16.9. The van der Waals surface area contributed by atoms with E-state index in [4.69, 9.17) is 4.74 Å². The zero-order chi connectivity index (χ0) is 13.9. The molecule has 114 valence electrons. The number of hydrogen-bond donors (Lipinski definition) is 1. The van der Waals surface area contributed by atoms with Crippen molar-refractivity contribution >= 4 is 0 Å². The molecular weight excluding hydrogens is 236 g/mol. The van der Waals surface area contributed by atoms with E-state index in [2.05, 4.69) is 24.1 Å². The Morgan fingerprint density at radius 3 is 2.53 bits per heavy atom. The first-order chi connectivity index (χ1) is 9.22. The topological polar surface area (TPSA) is 24.5 Å². The minimum absolute atomic E-state index is 0.732. The molecule has 0 saturated heterocycles. The summed E-state index contributed by atoms with van der Waals surface area (Å²) in [6.45, 7) is 11.1. The largest absolute Gasteiger partial charge is 0.383 e. The summed E-state index contributed by atoms with van der Waals surface area (Å²) in [7, 11) is 1.79. The summed E-state index contributed by atoms with van der Waals surface area (Å²) in [5, 5.41) is 3.65. The Labute approximate surface area is 120 Å². The molecule has 0 aromatic rings. The minimum atomic E-state index is 0.732. The van der Waals surface area contributed by atoms with Crippen molar-refractivity contribution in [3.63, 3.8) is 0 Å². The molecule has 0 aromatic heterocycles. The van der Waals surface area contributed by atoms with E-state index in [0.29, 0.717) is 0 Å². The van der Waals surface area contributed by atoms with E-state index in [0.717, 1.165) is 38.1 Å². The van der Waals surface area contributed by atoms with Crippen molar-refractivity contribution in [2.24, 2.45) is 11.8 Å². The molecule has 0 heterocycles. The van der Waals surface area contributed by atoms with Crippen LogP contribution in [-0.2, 0) is 4.74 Å². The summed E-state index contributed by atoms with van der Waals surface area (Å²) in [5.41, 5.74) is 0. The lowest BCUT2D eigenvalue weighted by Crippen LogP contribution is -2.38. The van der Waals surface area contributed by atoms with Gasteiger partial charge in [0.15, 0.2) is 0 Å². The maximum atomic E-state index is 5.19. The van der Waals surface area contributed by atoms with Gasteiger partial charge in [0.25, 0.3) is 0 Å². The lowest BCUT2D eigenvalue weighted by atomic mass is 9.89. The molecule has 3 heteroatoms. The molecule has 0 aliphatic heterocycles. The van der Waals surface area contributed by atoms with E-state index in [9.17, 15) is 0 Å². The van der Waals surface area contributed by atoms with Crippen LogP contribution in [0.4, 0.5) is 0 Å². The fourth-order valence-corrected chi connectivity index (χ4v) is 2.97. The van der Waals surface area contributed by atoms with Gasteiger partial charge in [-0.1, -0.05) is 33.1 Å². The summed E-state index contributed by atoms with van der Waals surface area (Å²) < 4.78 is 5.19. The fourth-order valence-electron chi connectivity index (χ4n) is 2.97. The molecule has 1 aliphatic carbocycles. The highest BCUT2D eigenvalue weighted by Gasteiger charge is 2.13. The molecule has 19 heavy (non-hydrogen) atoms. The second-order valence-electron chi connectivity index (χ2n) is 6.40. The first-order valence-corrected chi connectivity index (χ1v) is 8.14. The highest BCUT2D eigenvalue weighted by Crippen LogP contribution is 2.22. The average Bonchev–Trinajstić information content (AvgIpc) is 2.41. The molecule has 0 aromatic carbocycles. The third kappa shape index (κ3) is 8.61. The fraction of sp³-hybridized carbons (Fsp3) is 1.00. The maximum Gasteiger partial charge on any atom is 0.0589 e. The highest BCUT2D eigenvalue weighted by atomic mass is 16.5. The van der Waals surface area contributed by atoms with E-state index in [1.165, 1.54) is 45.2 Å². The molecular formula is C16H34N2O. The Hall–Kier alpha value is -0.120. The molecule has 1 saturated carbocycles. The Morgan fingerprint density at radius 2 is 1.89 bits per heavy atom. The van der Waals surface area contributed by atoms with Crippen LogP contribution in [-0.4, -0.2) is 51.3 Å². The van der Waals surface area contributed by atoms with Crippen molar-refractivity contribution in [3.05, 3.63) is 0 Å². The molecule has 0 bridgehead atoms. The number of nitrogens with zero attached hydrogens (tertiary/aromatic N) is 1. The van der Waals surface area contributed by atoms with Gasteiger partial charge in [0.2, 0.25) is 0 Å². The highest BCUT2D eigenvalue weighted by molar-refractivity contribution is 4.69. The van der Waals surface area contributed by atoms with Crippen LogP contribution in [0.2, 0.25) is 0 Å². The van der Waals surface area contributed by atoms with Crippen LogP contribution >= 0.6 is 0 Å². The van der Waals surface area contributed by atoms with Gasteiger partial charge >= 0.3 is 0 Å². The number of rotatable bonds is 10. The Kier molecular flexibility index (Phi) is 9.48. The SMILES string of the molecule is COCCN(CCNCC1CCCCC1)CC(C)C. The molecule has 1 N–H and O–H groups in total. The minimum Gasteiger partial charge on any atom is -0.383 e. The molecule has 0 radical (unpaired) electrons. The van der Waals surface area contributed by atoms with Crippen molar-refractivity contribution in [3.8, 4) is 0 Å². The van der Waals surface area contributed by atoms with Crippen molar-refractivity contribution in [1.82, 2.24) is 10.2 Å². The van der Waals surface area contributed by atoms with Crippen molar-refractivity contribution < 1.29 is 4.74 Å². The second-order valence-corrected chi connectivity index (χ2v) is 6.40. The van der Waals surface area contributed by atoms with Crippen molar-refractivity contribution in [2.45, 2.75) is 46.0 Å². The van der Waals surface area contributed by atoms with Gasteiger partial charge in [-0.3, -0.25) is 4.90 Å². The second kappa shape index (κ2) is 10.6. The summed E-state index contributed by atoms with van der Waals surface area (Å²) in [4.78, 5) is 2.52. The van der Waals surface area contributed by atoms with Crippen LogP contribution in [0, 0.1) is 11.8 Å². The van der Waals surface area contributed by atoms with Gasteiger partial charge in [0.1, 0.15) is 0 Å². The Bertz CT molecular complexity index is 203. The van der Waals surface area contributed by atoms with Crippen LogP contribution in [0.5, 0.6) is 0 Å². The summed E-state index contributed by atoms with van der Waals surface area (Å²) >= 11 is 0. The third-order valence-corrected chi connectivity index (χ3v) is 4.00. The standard InChI is InChI=1S/C16H34N2O/c1-15(2)14-18(11-12-19-3)10-9-17-13-16-7-5-4-6-8-16/h15-17H,4-14H2,1-3H3. The van der Waals surface area contributed by atoms with Crippen molar-refractivity contribution in [2.75, 3.05) is 46.4 Å². The zero-order valence-electron chi connectivity index (χ0n) is 13.3. The van der Waals surface area contributed by atoms with Gasteiger partial charge in [-0.2, -0.15) is 0 Å². The molecule has 0 amide bonds. The van der Waals surface area contributed by atoms with E-state index < -0.39 is 0 Å². The van der Waals surface area contributed by atoms with Crippen LogP contribution < -0.4 is 5.32 Å². The molecule has 0 spiro atoms. The van der Waals surface area contributed by atoms with Gasteiger partial charge in [-0.05, 0) is 31.2 Å². The van der Waals surface area contributed by atoms with Gasteiger partial charge in [-0.15, -0.1) is 0 Å². The normalized spacial score (nSPS) is 17.5. The smallest absolute Gasteiger partial charge is 0.0589 e. The monoisotopic (exact) mass is 270 g/mol. The number of methoxy groups -OCH3 is 1. The van der Waals surface area contributed by atoms with Crippen molar-refractivity contribution in [1.29, 1.82) is 0 Å². The van der Waals surface area contributed by atoms with Crippen LogP contribution in [0.15, 0.2) is 0 Å². The van der Waals surface area contributed by atoms with E-state index in [1.807, 2.05) is 0 Å². The summed E-state index contributed by atoms with van der Waals surface area (Å²) in [6, 6.07) is 0. The van der Waals surface area contributed by atoms with Gasteiger partial charge in [0.05, 0.1) is 6.61 Å². The molecule has 3 nitrogen and oxygen atoms in total. The lowest BCUT2D eigenvalue weighted by molar-refractivity contribution is 0.140. The lowest BCUT2D eigenvalue weighted by Gasteiger charge is -2.25. The molecule has 1 rings (SSSR count). The van der Waals surface area contributed by atoms with Crippen LogP contribution in [0.1, 0.15) is 46.0 Å². The van der Waals surface area contributed by atoms with Gasteiger partial charge in [0, 0.05) is 33.3 Å². The Balaban J connectivity index is 2.08. The van der Waals surface area contributed by atoms with E-state index >= 15 is 0 Å². The number of hydrogen-bond acceptors (Lipinski definition) is 3.